The van der Waals surface area contributed by atoms with Crippen molar-refractivity contribution in [3.8, 4) is 11.5 Å². The van der Waals surface area contributed by atoms with Crippen LogP contribution in [0.2, 0.25) is 0 Å². The Morgan fingerprint density at radius 3 is 2.27 bits per heavy atom. The molecule has 0 bridgehead atoms. The summed E-state index contributed by atoms with van der Waals surface area (Å²) in [6, 6.07) is 3.67. The van der Waals surface area contributed by atoms with Gasteiger partial charge in [-0.15, -0.1) is 0 Å². The van der Waals surface area contributed by atoms with Crippen LogP contribution < -0.4 is 20.6 Å². The average Bonchev–Trinajstić information content (AvgIpc) is 2.84. The second kappa shape index (κ2) is 8.00. The molecule has 0 saturated carbocycles. The summed E-state index contributed by atoms with van der Waals surface area (Å²) in [5.41, 5.74) is 8.03. The van der Waals surface area contributed by atoms with Crippen molar-refractivity contribution in [2.24, 2.45) is 5.73 Å². The number of thiocarbonyl (C=S) groups is 1. The molecule has 1 aliphatic heterocycles. The zero-order chi connectivity index (χ0) is 19.4. The van der Waals surface area contributed by atoms with Crippen molar-refractivity contribution in [3.05, 3.63) is 23.8 Å². The quantitative estimate of drug-likeness (QED) is 0.642. The van der Waals surface area contributed by atoms with Crippen LogP contribution in [0.3, 0.4) is 0 Å². The van der Waals surface area contributed by atoms with Crippen LogP contribution in [0.5, 0.6) is 11.5 Å². The molecule has 10 heteroatoms. The lowest BCUT2D eigenvalue weighted by atomic mass is 10.2. The molecule has 0 aromatic heterocycles. The van der Waals surface area contributed by atoms with E-state index >= 15 is 0 Å². The SMILES string of the molecule is CCN1C(=O)[C@H](CC(N)=O)N(NC(=O)c2cc(OC)cc(OC)c2)C1=S. The van der Waals surface area contributed by atoms with Crippen molar-refractivity contribution in [2.75, 3.05) is 20.8 Å². The fraction of sp³-hybridized carbons (Fsp3) is 0.375. The van der Waals surface area contributed by atoms with Gasteiger partial charge in [-0.25, -0.2) is 5.01 Å². The molecule has 3 N–H and O–H groups in total. The lowest BCUT2D eigenvalue weighted by molar-refractivity contribution is -0.131. The molecule has 0 aliphatic carbocycles. The number of amides is 3. The average molecular weight is 380 g/mol. The molecular weight excluding hydrogens is 360 g/mol. The molecule has 1 atom stereocenters. The number of nitrogens with two attached hydrogens (primary N) is 1. The lowest BCUT2D eigenvalue weighted by Gasteiger charge is -2.24. The zero-order valence-electron chi connectivity index (χ0n) is 14.6. The highest BCUT2D eigenvalue weighted by Crippen LogP contribution is 2.23. The molecule has 26 heavy (non-hydrogen) atoms. The van der Waals surface area contributed by atoms with Gasteiger partial charge in [0.25, 0.3) is 11.8 Å². The topological polar surface area (TPSA) is 114 Å². The highest BCUT2D eigenvalue weighted by Gasteiger charge is 2.43. The molecule has 2 rings (SSSR count). The molecular formula is C16H20N4O5S. The van der Waals surface area contributed by atoms with Crippen molar-refractivity contribution in [1.29, 1.82) is 0 Å². The van der Waals surface area contributed by atoms with E-state index in [1.807, 2.05) is 0 Å². The molecule has 3 amide bonds. The Kier molecular flexibility index (Phi) is 5.98. The van der Waals surface area contributed by atoms with Gasteiger partial charge in [-0.1, -0.05) is 0 Å². The molecule has 1 aromatic carbocycles. The zero-order valence-corrected chi connectivity index (χ0v) is 15.5. The van der Waals surface area contributed by atoms with Crippen molar-refractivity contribution >= 4 is 35.1 Å². The maximum absolute atomic E-state index is 12.6. The summed E-state index contributed by atoms with van der Waals surface area (Å²) >= 11 is 5.25. The summed E-state index contributed by atoms with van der Waals surface area (Å²) in [4.78, 5) is 37.7. The fourth-order valence-corrected chi connectivity index (χ4v) is 2.94. The summed E-state index contributed by atoms with van der Waals surface area (Å²) < 4.78 is 10.3. The van der Waals surface area contributed by atoms with Gasteiger partial charge in [0.15, 0.2) is 5.11 Å². The van der Waals surface area contributed by atoms with Crippen LogP contribution in [0.4, 0.5) is 0 Å². The van der Waals surface area contributed by atoms with E-state index < -0.39 is 17.9 Å². The molecule has 0 radical (unpaired) electrons. The molecule has 140 valence electrons. The summed E-state index contributed by atoms with van der Waals surface area (Å²) in [5.74, 6) is -0.743. The smallest absolute Gasteiger partial charge is 0.270 e. The molecule has 0 spiro atoms. The Bertz CT molecular complexity index is 732. The lowest BCUT2D eigenvalue weighted by Crippen LogP contribution is -2.49. The number of nitrogens with one attached hydrogen (secondary N) is 1. The van der Waals surface area contributed by atoms with Crippen LogP contribution in [0.1, 0.15) is 23.7 Å². The van der Waals surface area contributed by atoms with E-state index in [0.717, 1.165) is 0 Å². The number of methoxy groups -OCH3 is 2. The normalized spacial score (nSPS) is 16.7. The third-order valence-corrected chi connectivity index (χ3v) is 4.26. The van der Waals surface area contributed by atoms with Crippen LogP contribution in [0.25, 0.3) is 0 Å². The molecule has 9 nitrogen and oxygen atoms in total. The molecule has 1 aliphatic rings. The predicted molar refractivity (Wildman–Crippen MR) is 96.4 cm³/mol. The van der Waals surface area contributed by atoms with Gasteiger partial charge >= 0.3 is 0 Å². The van der Waals surface area contributed by atoms with E-state index in [0.29, 0.717) is 18.0 Å². The number of carbonyl (C=O) groups is 3. The van der Waals surface area contributed by atoms with E-state index in [9.17, 15) is 14.4 Å². The third kappa shape index (κ3) is 3.85. The number of hydrazine groups is 1. The molecule has 1 fully saturated rings. The number of primary amides is 1. The number of likely N-dealkylation sites (N-methyl/N-ethyl adjacent to an activating group) is 1. The van der Waals surface area contributed by atoms with Gasteiger partial charge < -0.3 is 15.2 Å². The van der Waals surface area contributed by atoms with Gasteiger partial charge in [-0.2, -0.15) is 0 Å². The van der Waals surface area contributed by atoms with Gasteiger partial charge in [-0.3, -0.25) is 24.7 Å². The molecule has 1 heterocycles. The van der Waals surface area contributed by atoms with E-state index in [2.05, 4.69) is 5.43 Å². The summed E-state index contributed by atoms with van der Waals surface area (Å²) in [6.07, 6.45) is -0.267. The Labute approximate surface area is 156 Å². The Morgan fingerprint density at radius 1 is 1.23 bits per heavy atom. The molecule has 1 aromatic rings. The van der Waals surface area contributed by atoms with Crippen LogP contribution in [0.15, 0.2) is 18.2 Å². The van der Waals surface area contributed by atoms with E-state index in [-0.39, 0.29) is 23.0 Å². The number of benzene rings is 1. The number of hydrogen-bond donors (Lipinski definition) is 2. The first-order valence-electron chi connectivity index (χ1n) is 7.79. The maximum atomic E-state index is 12.6. The Hall–Kier alpha value is -2.88. The highest BCUT2D eigenvalue weighted by molar-refractivity contribution is 7.80. The third-order valence-electron chi connectivity index (χ3n) is 3.85. The number of hydrogen-bond acceptors (Lipinski definition) is 6. The largest absolute Gasteiger partial charge is 0.497 e. The Balaban J connectivity index is 2.29. The van der Waals surface area contributed by atoms with Crippen LogP contribution in [0, 0.1) is 0 Å². The maximum Gasteiger partial charge on any atom is 0.270 e. The predicted octanol–water partition coefficient (Wildman–Crippen LogP) is 0.0416. The first-order valence-corrected chi connectivity index (χ1v) is 8.20. The van der Waals surface area contributed by atoms with Gasteiger partial charge in [0, 0.05) is 18.2 Å². The highest BCUT2D eigenvalue weighted by atomic mass is 32.1. The van der Waals surface area contributed by atoms with Crippen LogP contribution in [-0.2, 0) is 9.59 Å². The minimum absolute atomic E-state index is 0.104. The van der Waals surface area contributed by atoms with Crippen LogP contribution in [-0.4, -0.2) is 59.5 Å². The van der Waals surface area contributed by atoms with Gasteiger partial charge in [0.05, 0.1) is 20.6 Å². The number of rotatable bonds is 7. The van der Waals surface area contributed by atoms with E-state index in [1.165, 1.54) is 36.3 Å². The summed E-state index contributed by atoms with van der Waals surface area (Å²) in [6.45, 7) is 2.05. The number of carbonyl (C=O) groups excluding carboxylic acids is 3. The first-order chi connectivity index (χ1) is 12.3. The van der Waals surface area contributed by atoms with Crippen molar-refractivity contribution in [2.45, 2.75) is 19.4 Å². The van der Waals surface area contributed by atoms with Crippen molar-refractivity contribution in [1.82, 2.24) is 15.3 Å². The van der Waals surface area contributed by atoms with E-state index in [1.54, 1.807) is 13.0 Å². The molecule has 1 saturated heterocycles. The van der Waals surface area contributed by atoms with Gasteiger partial charge in [0.1, 0.15) is 17.5 Å². The summed E-state index contributed by atoms with van der Waals surface area (Å²) in [7, 11) is 2.93. The van der Waals surface area contributed by atoms with Gasteiger partial charge in [-0.05, 0) is 31.3 Å². The monoisotopic (exact) mass is 380 g/mol. The second-order valence-electron chi connectivity index (χ2n) is 5.46. The minimum Gasteiger partial charge on any atom is -0.497 e. The van der Waals surface area contributed by atoms with Crippen LogP contribution >= 0.6 is 12.2 Å². The first kappa shape index (κ1) is 19.4. The molecule has 0 unspecified atom stereocenters. The second-order valence-corrected chi connectivity index (χ2v) is 5.83. The number of nitrogens with zero attached hydrogens (tertiary/aromatic N) is 2. The number of ether oxygens (including phenoxy) is 2. The standard InChI is InChI=1S/C16H20N4O5S/c1-4-19-15(23)12(8-13(17)21)20(16(19)26)18-14(22)9-5-10(24-2)7-11(6-9)25-3/h5-7,12H,4,8H2,1-3H3,(H2,17,21)(H,18,22)/t12-/m0/s1. The Morgan fingerprint density at radius 2 is 1.81 bits per heavy atom. The van der Waals surface area contributed by atoms with Crippen molar-refractivity contribution < 1.29 is 23.9 Å². The fourth-order valence-electron chi connectivity index (χ4n) is 2.55. The minimum atomic E-state index is -0.976. The van der Waals surface area contributed by atoms with E-state index in [4.69, 9.17) is 27.4 Å². The van der Waals surface area contributed by atoms with Crippen molar-refractivity contribution in [3.63, 3.8) is 0 Å². The summed E-state index contributed by atoms with van der Waals surface area (Å²) in [5, 5.41) is 1.30. The van der Waals surface area contributed by atoms with Gasteiger partial charge in [0.2, 0.25) is 5.91 Å².